The maximum absolute atomic E-state index is 10.5. The molecule has 1 amide bonds. The van der Waals surface area contributed by atoms with Gasteiger partial charge >= 0.3 is 0 Å². The molecule has 0 radical (unpaired) electrons. The lowest BCUT2D eigenvalue weighted by Crippen LogP contribution is -2.14. The largest absolute Gasteiger partial charge is 0.577 e. The monoisotopic (exact) mass is 123 g/mol. The number of amides is 1. The highest BCUT2D eigenvalue weighted by Crippen LogP contribution is 2.03. The first kappa shape index (κ1) is 5.76. The average Bonchev–Trinajstić information content (AvgIpc) is 2.18. The van der Waals surface area contributed by atoms with Gasteiger partial charge in [0, 0.05) is 6.40 Å². The van der Waals surface area contributed by atoms with Crippen molar-refractivity contribution in [3.63, 3.8) is 0 Å². The molecule has 0 aromatic rings. The van der Waals surface area contributed by atoms with Gasteiger partial charge in [0.15, 0.2) is 0 Å². The second-order valence-corrected chi connectivity index (χ2v) is 1.51. The molecule has 9 heavy (non-hydrogen) atoms. The Labute approximate surface area is 51.8 Å². The first-order valence-electron chi connectivity index (χ1n) is 2.37. The number of aliphatic imine (C=N–C) groups is 1. The quantitative estimate of drug-likeness (QED) is 0.451. The molecule has 0 aromatic heterocycles. The van der Waals surface area contributed by atoms with Crippen LogP contribution in [0.15, 0.2) is 4.99 Å². The van der Waals surface area contributed by atoms with Crippen molar-refractivity contribution in [1.29, 1.82) is 5.26 Å². The zero-order chi connectivity index (χ0) is 6.69. The van der Waals surface area contributed by atoms with Crippen molar-refractivity contribution in [2.75, 3.05) is 0 Å². The first-order chi connectivity index (χ1) is 4.34. The molecule has 0 spiro atoms. The van der Waals surface area contributed by atoms with Crippen molar-refractivity contribution in [2.24, 2.45) is 4.99 Å². The van der Waals surface area contributed by atoms with Crippen molar-refractivity contribution < 1.29 is 9.53 Å². The summed E-state index contributed by atoms with van der Waals surface area (Å²) < 4.78 is 4.52. The lowest BCUT2D eigenvalue weighted by Gasteiger charge is -2.07. The number of carbonyl (C=O) groups excluding carboxylic acids is 1. The maximum Gasteiger partial charge on any atom is 0.129 e. The first-order valence-corrected chi connectivity index (χ1v) is 2.37. The summed E-state index contributed by atoms with van der Waals surface area (Å²) in [6.07, 6.45) is 1.38. The van der Waals surface area contributed by atoms with Gasteiger partial charge in [0.2, 0.25) is 0 Å². The van der Waals surface area contributed by atoms with E-state index in [-0.39, 0.29) is 6.42 Å². The number of rotatable bonds is 1. The molecular formula is C5H3N2O2-. The Morgan fingerprint density at radius 2 is 2.78 bits per heavy atom. The van der Waals surface area contributed by atoms with E-state index in [1.807, 2.05) is 6.40 Å². The van der Waals surface area contributed by atoms with E-state index < -0.39 is 12.0 Å². The summed E-state index contributed by atoms with van der Waals surface area (Å²) >= 11 is 0. The summed E-state index contributed by atoms with van der Waals surface area (Å²) in [7, 11) is 0. The van der Waals surface area contributed by atoms with E-state index in [0.717, 1.165) is 0 Å². The molecule has 4 nitrogen and oxygen atoms in total. The highest BCUT2D eigenvalue weighted by Gasteiger charge is 2.11. The molecule has 1 aliphatic rings. The minimum atomic E-state index is -0.699. The van der Waals surface area contributed by atoms with E-state index in [9.17, 15) is 4.79 Å². The standard InChI is InChI=1S/C5H3N2O2/c6-2-1-4-5(8)7-3-9-4/h4H,1H2/q-1. The summed E-state index contributed by atoms with van der Waals surface area (Å²) in [4.78, 5) is 13.6. The minimum Gasteiger partial charge on any atom is -0.577 e. The van der Waals surface area contributed by atoms with Gasteiger partial charge in [-0.1, -0.05) is 0 Å². The Balaban J connectivity index is 2.48. The van der Waals surface area contributed by atoms with Crippen LogP contribution in [0.2, 0.25) is 0 Å². The van der Waals surface area contributed by atoms with Crippen LogP contribution in [-0.2, 0) is 9.53 Å². The van der Waals surface area contributed by atoms with Gasteiger partial charge in [0.25, 0.3) is 0 Å². The van der Waals surface area contributed by atoms with E-state index in [2.05, 4.69) is 9.73 Å². The zero-order valence-electron chi connectivity index (χ0n) is 4.50. The fraction of sp³-hybridized carbons (Fsp3) is 0.400. The Morgan fingerprint density at radius 1 is 2.00 bits per heavy atom. The fourth-order valence-corrected chi connectivity index (χ4v) is 0.469. The van der Waals surface area contributed by atoms with Crippen LogP contribution >= 0.6 is 0 Å². The highest BCUT2D eigenvalue weighted by atomic mass is 16.5. The molecule has 46 valence electrons. The Kier molecular flexibility index (Phi) is 1.45. The molecule has 0 saturated heterocycles. The number of hydrogen-bond donors (Lipinski definition) is 0. The predicted molar refractivity (Wildman–Crippen MR) is 27.5 cm³/mol. The zero-order valence-corrected chi connectivity index (χ0v) is 4.50. The van der Waals surface area contributed by atoms with Gasteiger partial charge in [-0.3, -0.25) is 0 Å². The Hall–Kier alpha value is -1.37. The third-order valence-corrected chi connectivity index (χ3v) is 0.903. The highest BCUT2D eigenvalue weighted by molar-refractivity contribution is 5.91. The van der Waals surface area contributed by atoms with Gasteiger partial charge in [-0.15, -0.1) is 0 Å². The Morgan fingerprint density at radius 3 is 3.22 bits per heavy atom. The molecule has 0 bridgehead atoms. The fourth-order valence-electron chi connectivity index (χ4n) is 0.469. The van der Waals surface area contributed by atoms with E-state index in [0.29, 0.717) is 0 Å². The molecule has 1 heterocycles. The SMILES string of the molecule is N#CCC1O[C-]=NC1=O. The van der Waals surface area contributed by atoms with Crippen LogP contribution in [0, 0.1) is 11.3 Å². The van der Waals surface area contributed by atoms with Gasteiger partial charge in [-0.05, 0) is 0 Å². The molecule has 0 aliphatic carbocycles. The van der Waals surface area contributed by atoms with Crippen molar-refractivity contribution in [1.82, 2.24) is 0 Å². The lowest BCUT2D eigenvalue weighted by molar-refractivity contribution is -0.122. The minimum absolute atomic E-state index is 0.0509. The van der Waals surface area contributed by atoms with Gasteiger partial charge in [-0.25, -0.2) is 0 Å². The van der Waals surface area contributed by atoms with Gasteiger partial charge < -0.3 is 14.5 Å². The summed E-state index contributed by atoms with van der Waals surface area (Å²) in [5.41, 5.74) is 0. The topological polar surface area (TPSA) is 62.4 Å². The molecule has 0 fully saturated rings. The molecular weight excluding hydrogens is 120 g/mol. The third-order valence-electron chi connectivity index (χ3n) is 0.903. The molecule has 1 rings (SSSR count). The Bertz CT molecular complexity index is 192. The number of nitrogens with zero attached hydrogens (tertiary/aromatic N) is 2. The van der Waals surface area contributed by atoms with E-state index >= 15 is 0 Å². The molecule has 0 N–H and O–H groups in total. The summed E-state index contributed by atoms with van der Waals surface area (Å²) in [6.45, 7) is 0. The molecule has 4 heteroatoms. The maximum atomic E-state index is 10.5. The van der Waals surface area contributed by atoms with Crippen LogP contribution in [0.1, 0.15) is 6.42 Å². The second-order valence-electron chi connectivity index (χ2n) is 1.51. The van der Waals surface area contributed by atoms with E-state index in [1.165, 1.54) is 0 Å². The molecule has 0 saturated carbocycles. The van der Waals surface area contributed by atoms with Crippen LogP contribution in [0.3, 0.4) is 0 Å². The van der Waals surface area contributed by atoms with E-state index in [1.54, 1.807) is 6.07 Å². The second kappa shape index (κ2) is 2.27. The van der Waals surface area contributed by atoms with Crippen LogP contribution < -0.4 is 0 Å². The number of ether oxygens (including phenoxy) is 1. The van der Waals surface area contributed by atoms with Crippen LogP contribution in [-0.4, -0.2) is 18.4 Å². The summed E-state index contributed by atoms with van der Waals surface area (Å²) in [5, 5.41) is 8.09. The molecule has 0 aromatic carbocycles. The summed E-state index contributed by atoms with van der Waals surface area (Å²) in [6, 6.07) is 1.79. The smallest absolute Gasteiger partial charge is 0.129 e. The van der Waals surface area contributed by atoms with Crippen LogP contribution in [0.25, 0.3) is 0 Å². The third kappa shape index (κ3) is 1.05. The van der Waals surface area contributed by atoms with Gasteiger partial charge in [0.05, 0.1) is 12.5 Å². The number of nitriles is 1. The normalized spacial score (nSPS) is 23.4. The molecule has 1 atom stereocenters. The van der Waals surface area contributed by atoms with Crippen LogP contribution in [0.4, 0.5) is 0 Å². The predicted octanol–water partition coefficient (Wildman–Crippen LogP) is -0.269. The van der Waals surface area contributed by atoms with E-state index in [4.69, 9.17) is 5.26 Å². The average molecular weight is 123 g/mol. The van der Waals surface area contributed by atoms with Crippen molar-refractivity contribution >= 4 is 12.3 Å². The van der Waals surface area contributed by atoms with Crippen molar-refractivity contribution in [3.8, 4) is 6.07 Å². The van der Waals surface area contributed by atoms with Crippen molar-refractivity contribution in [2.45, 2.75) is 12.5 Å². The molecule has 1 unspecified atom stereocenters. The lowest BCUT2D eigenvalue weighted by atomic mass is 10.3. The van der Waals surface area contributed by atoms with Crippen LogP contribution in [0.5, 0.6) is 0 Å². The van der Waals surface area contributed by atoms with Gasteiger partial charge in [-0.2, -0.15) is 5.26 Å². The summed E-state index contributed by atoms with van der Waals surface area (Å²) in [5.74, 6) is -0.420. The number of hydrogen-bond acceptors (Lipinski definition) is 3. The molecule has 1 aliphatic heterocycles. The van der Waals surface area contributed by atoms with Gasteiger partial charge in [0.1, 0.15) is 12.0 Å². The van der Waals surface area contributed by atoms with Crippen molar-refractivity contribution in [3.05, 3.63) is 0 Å². The number of carbonyl (C=O) groups is 1.